The van der Waals surface area contributed by atoms with Gasteiger partial charge in [-0.2, -0.15) is 5.10 Å². The highest BCUT2D eigenvalue weighted by Gasteiger charge is 2.16. The topological polar surface area (TPSA) is 72.7 Å². The smallest absolute Gasteiger partial charge is 0.230 e. The number of benzene rings is 2. The van der Waals surface area contributed by atoms with Crippen molar-refractivity contribution in [3.05, 3.63) is 89.2 Å². The average molecular weight is 461 g/mol. The summed E-state index contributed by atoms with van der Waals surface area (Å²) in [5, 5.41) is 7.21. The number of aromatic nitrogens is 4. The third-order valence-corrected chi connectivity index (χ3v) is 5.81. The van der Waals surface area contributed by atoms with E-state index in [1.807, 2.05) is 49.4 Å². The van der Waals surface area contributed by atoms with Gasteiger partial charge in [0.25, 0.3) is 0 Å². The number of fused-ring (bicyclic) bond motifs is 1. The van der Waals surface area contributed by atoms with E-state index in [1.165, 1.54) is 6.07 Å². The van der Waals surface area contributed by atoms with Gasteiger partial charge in [-0.25, -0.2) is 23.4 Å². The Labute approximate surface area is 191 Å². The van der Waals surface area contributed by atoms with Crippen molar-refractivity contribution in [1.29, 1.82) is 0 Å². The summed E-state index contributed by atoms with van der Waals surface area (Å²) in [7, 11) is 0. The largest absolute Gasteiger partial charge is 0.326 e. The molecule has 0 aliphatic rings. The number of aryl methyl sites for hydroxylation is 1. The summed E-state index contributed by atoms with van der Waals surface area (Å²) < 4.78 is 29.3. The first-order valence-corrected chi connectivity index (χ1v) is 11.0. The molecule has 0 aliphatic heterocycles. The molecular formula is C24H17F2N5OS. The molecule has 9 heteroatoms. The lowest BCUT2D eigenvalue weighted by Gasteiger charge is -2.07. The number of halogens is 2. The minimum Gasteiger partial charge on any atom is -0.326 e. The molecule has 33 heavy (non-hydrogen) atoms. The number of rotatable bonds is 5. The van der Waals surface area contributed by atoms with Crippen molar-refractivity contribution in [2.45, 2.75) is 13.3 Å². The molecule has 5 aromatic rings. The molecule has 0 saturated heterocycles. The first-order valence-electron chi connectivity index (χ1n) is 10.1. The molecule has 1 amide bonds. The summed E-state index contributed by atoms with van der Waals surface area (Å²) in [6, 6.07) is 16.6. The summed E-state index contributed by atoms with van der Waals surface area (Å²) in [5.74, 6) is -1.77. The maximum atomic E-state index is 13.5. The van der Waals surface area contributed by atoms with Crippen LogP contribution in [0.1, 0.15) is 11.4 Å². The van der Waals surface area contributed by atoms with Crippen molar-refractivity contribution in [1.82, 2.24) is 19.7 Å². The number of anilines is 1. The lowest BCUT2D eigenvalue weighted by atomic mass is 10.1. The lowest BCUT2D eigenvalue weighted by molar-refractivity contribution is -0.115. The highest BCUT2D eigenvalue weighted by molar-refractivity contribution is 7.16. The first-order chi connectivity index (χ1) is 16.0. The Morgan fingerprint density at radius 2 is 1.94 bits per heavy atom. The zero-order valence-electron chi connectivity index (χ0n) is 17.4. The first kappa shape index (κ1) is 20.9. The van der Waals surface area contributed by atoms with Crippen molar-refractivity contribution >= 4 is 33.1 Å². The minimum atomic E-state index is -1.02. The number of amides is 1. The minimum absolute atomic E-state index is 0.0480. The Hall–Kier alpha value is -3.98. The maximum absolute atomic E-state index is 13.5. The molecule has 164 valence electrons. The van der Waals surface area contributed by atoms with Crippen LogP contribution in [0, 0.1) is 18.6 Å². The van der Waals surface area contributed by atoms with E-state index < -0.39 is 17.5 Å². The van der Waals surface area contributed by atoms with Gasteiger partial charge in [0.15, 0.2) is 17.5 Å². The van der Waals surface area contributed by atoms with E-state index in [-0.39, 0.29) is 12.1 Å². The van der Waals surface area contributed by atoms with Crippen LogP contribution in [0.3, 0.4) is 0 Å². The van der Waals surface area contributed by atoms with Gasteiger partial charge in [-0.1, -0.05) is 12.1 Å². The molecule has 0 bridgehead atoms. The molecule has 3 aromatic heterocycles. The molecule has 0 radical (unpaired) electrons. The van der Waals surface area contributed by atoms with Crippen LogP contribution in [0.15, 0.2) is 66.2 Å². The molecule has 0 aliphatic carbocycles. The molecule has 0 spiro atoms. The van der Waals surface area contributed by atoms with Crippen molar-refractivity contribution < 1.29 is 13.6 Å². The fourth-order valence-corrected chi connectivity index (χ4v) is 4.22. The van der Waals surface area contributed by atoms with Gasteiger partial charge in [0.1, 0.15) is 0 Å². The summed E-state index contributed by atoms with van der Waals surface area (Å²) in [6.45, 7) is 1.90. The van der Waals surface area contributed by atoms with Crippen LogP contribution >= 0.6 is 11.3 Å². The highest BCUT2D eigenvalue weighted by Crippen LogP contribution is 2.28. The quantitative estimate of drug-likeness (QED) is 0.385. The molecule has 0 fully saturated rings. The molecule has 5 rings (SSSR count). The number of thiazole rings is 1. The van der Waals surface area contributed by atoms with Crippen LogP contribution in [0.2, 0.25) is 0 Å². The normalized spacial score (nSPS) is 11.1. The SMILES string of the molecule is Cc1cccc(-n2nc(CC(=O)Nc3ccc(F)c(F)c3)cc2-c2ccc3ncsc3c2)n1. The molecule has 0 unspecified atom stereocenters. The molecule has 6 nitrogen and oxygen atoms in total. The predicted molar refractivity (Wildman–Crippen MR) is 123 cm³/mol. The molecule has 1 N–H and O–H groups in total. The number of nitrogens with one attached hydrogen (secondary N) is 1. The molecular weight excluding hydrogens is 444 g/mol. The number of carbonyl (C=O) groups is 1. The van der Waals surface area contributed by atoms with Crippen molar-refractivity contribution in [3.8, 4) is 17.1 Å². The van der Waals surface area contributed by atoms with E-state index in [0.29, 0.717) is 11.5 Å². The third kappa shape index (κ3) is 4.35. The zero-order chi connectivity index (χ0) is 22.9. The standard InChI is InChI=1S/C24H17F2N5OS/c1-14-3-2-4-23(28-14)31-21(15-5-8-20-22(9-15)33-13-27-20)11-17(30-31)12-24(32)29-16-6-7-18(25)19(26)10-16/h2-11,13H,12H2,1H3,(H,29,32). The number of hydrogen-bond donors (Lipinski definition) is 1. The Morgan fingerprint density at radius 3 is 2.76 bits per heavy atom. The number of hydrogen-bond acceptors (Lipinski definition) is 5. The van der Waals surface area contributed by atoms with E-state index in [4.69, 9.17) is 0 Å². The predicted octanol–water partition coefficient (Wildman–Crippen LogP) is 5.31. The highest BCUT2D eigenvalue weighted by atomic mass is 32.1. The summed E-state index contributed by atoms with van der Waals surface area (Å²) in [4.78, 5) is 21.5. The fourth-order valence-electron chi connectivity index (χ4n) is 3.50. The fraction of sp³-hybridized carbons (Fsp3) is 0.0833. The molecule has 0 saturated carbocycles. The van der Waals surface area contributed by atoms with E-state index in [2.05, 4.69) is 20.4 Å². The van der Waals surface area contributed by atoms with Crippen molar-refractivity contribution in [3.63, 3.8) is 0 Å². The van der Waals surface area contributed by atoms with Crippen LogP contribution in [0.5, 0.6) is 0 Å². The zero-order valence-corrected chi connectivity index (χ0v) is 18.2. The summed E-state index contributed by atoms with van der Waals surface area (Å²) >= 11 is 1.54. The van der Waals surface area contributed by atoms with Gasteiger partial charge < -0.3 is 5.32 Å². The van der Waals surface area contributed by atoms with Crippen molar-refractivity contribution in [2.75, 3.05) is 5.32 Å². The average Bonchev–Trinajstić information content (AvgIpc) is 3.42. The maximum Gasteiger partial charge on any atom is 0.230 e. The second kappa shape index (κ2) is 8.51. The van der Waals surface area contributed by atoms with Gasteiger partial charge >= 0.3 is 0 Å². The van der Waals surface area contributed by atoms with E-state index >= 15 is 0 Å². The van der Waals surface area contributed by atoms with Crippen LogP contribution in [-0.2, 0) is 11.2 Å². The summed E-state index contributed by atoms with van der Waals surface area (Å²) in [5.41, 5.74) is 5.92. The van der Waals surface area contributed by atoms with Crippen molar-refractivity contribution in [2.24, 2.45) is 0 Å². The van der Waals surface area contributed by atoms with Gasteiger partial charge in [-0.05, 0) is 49.4 Å². The second-order valence-corrected chi connectivity index (χ2v) is 8.34. The summed E-state index contributed by atoms with van der Waals surface area (Å²) in [6.07, 6.45) is -0.0480. The van der Waals surface area contributed by atoms with E-state index in [9.17, 15) is 13.6 Å². The lowest BCUT2D eigenvalue weighted by Crippen LogP contribution is -2.15. The van der Waals surface area contributed by atoms with E-state index in [1.54, 1.807) is 21.5 Å². The number of carbonyl (C=O) groups excluding carboxylic acids is 1. The second-order valence-electron chi connectivity index (χ2n) is 7.46. The van der Waals surface area contributed by atoms with Crippen LogP contribution < -0.4 is 5.32 Å². The van der Waals surface area contributed by atoms with Gasteiger partial charge in [0.2, 0.25) is 5.91 Å². The Balaban J connectivity index is 1.49. The van der Waals surface area contributed by atoms with Crippen LogP contribution in [0.25, 0.3) is 27.3 Å². The van der Waals surface area contributed by atoms with Gasteiger partial charge in [0.05, 0.1) is 33.5 Å². The molecule has 0 atom stereocenters. The van der Waals surface area contributed by atoms with Crippen LogP contribution in [0.4, 0.5) is 14.5 Å². The van der Waals surface area contributed by atoms with Crippen LogP contribution in [-0.4, -0.2) is 25.7 Å². The molecule has 3 heterocycles. The monoisotopic (exact) mass is 461 g/mol. The molecule has 2 aromatic carbocycles. The third-order valence-electron chi connectivity index (χ3n) is 5.02. The Morgan fingerprint density at radius 1 is 1.06 bits per heavy atom. The Bertz CT molecular complexity index is 1490. The van der Waals surface area contributed by atoms with Gasteiger partial charge in [-0.15, -0.1) is 11.3 Å². The Kier molecular flexibility index (Phi) is 5.39. The van der Waals surface area contributed by atoms with E-state index in [0.717, 1.165) is 39.3 Å². The number of nitrogens with zero attached hydrogens (tertiary/aromatic N) is 4. The number of pyridine rings is 1. The van der Waals surface area contributed by atoms with Gasteiger partial charge in [-0.3, -0.25) is 4.79 Å². The van der Waals surface area contributed by atoms with Gasteiger partial charge in [0, 0.05) is 23.0 Å².